The molecule has 1 aromatic heterocycles. The van der Waals surface area contributed by atoms with Gasteiger partial charge in [0.05, 0.1) is 13.0 Å². The number of nitrogens with two attached hydrogens (primary N) is 1. The van der Waals surface area contributed by atoms with Gasteiger partial charge in [0.15, 0.2) is 17.5 Å². The first-order valence-electron chi connectivity index (χ1n) is 10.5. The Morgan fingerprint density at radius 2 is 1.69 bits per heavy atom. The Morgan fingerprint density at radius 1 is 1.06 bits per heavy atom. The fraction of sp³-hybridized carbons (Fsp3) is 0.524. The zero-order chi connectivity index (χ0) is 26.3. The molecule has 14 heteroatoms. The van der Waals surface area contributed by atoms with Gasteiger partial charge in [-0.05, 0) is 17.0 Å². The molecule has 8 nitrogen and oxygen atoms in total. The van der Waals surface area contributed by atoms with Gasteiger partial charge in [-0.1, -0.05) is 20.8 Å². The summed E-state index contributed by atoms with van der Waals surface area (Å²) in [6, 6.07) is 0.979. The van der Waals surface area contributed by atoms with Gasteiger partial charge in [-0.2, -0.15) is 13.2 Å². The first-order valence-corrected chi connectivity index (χ1v) is 10.5. The Morgan fingerprint density at radius 3 is 2.26 bits per heavy atom. The van der Waals surface area contributed by atoms with Crippen LogP contribution in [0.15, 0.2) is 12.1 Å². The van der Waals surface area contributed by atoms with E-state index in [0.717, 1.165) is 4.57 Å². The predicted molar refractivity (Wildman–Crippen MR) is 108 cm³/mol. The van der Waals surface area contributed by atoms with Crippen molar-refractivity contribution in [3.05, 3.63) is 46.8 Å². The molecular weight excluding hydrogens is 484 g/mol. The van der Waals surface area contributed by atoms with Gasteiger partial charge in [0.1, 0.15) is 11.9 Å². The van der Waals surface area contributed by atoms with Crippen molar-refractivity contribution in [3.8, 4) is 0 Å². The summed E-state index contributed by atoms with van der Waals surface area (Å²) in [7, 11) is 0. The van der Waals surface area contributed by atoms with Crippen molar-refractivity contribution in [3.63, 3.8) is 0 Å². The van der Waals surface area contributed by atoms with Crippen LogP contribution in [0.3, 0.4) is 0 Å². The van der Waals surface area contributed by atoms with Crippen LogP contribution in [0, 0.1) is 22.9 Å². The normalized spacial score (nSPS) is 16.0. The first kappa shape index (κ1) is 26.3. The molecule has 2 amide bonds. The first-order chi connectivity index (χ1) is 16.1. The number of benzene rings is 1. The number of nitrogens with zero attached hydrogens (tertiary/aromatic N) is 4. The Kier molecular flexibility index (Phi) is 7.04. The summed E-state index contributed by atoms with van der Waals surface area (Å²) in [5.41, 5.74) is 3.90. The Bertz CT molecular complexity index is 1130. The third kappa shape index (κ3) is 5.68. The van der Waals surface area contributed by atoms with E-state index in [4.69, 9.17) is 10.5 Å². The number of fused-ring (bicyclic) bond motifs is 1. The fourth-order valence-electron chi connectivity index (χ4n) is 4.26. The molecule has 192 valence electrons. The van der Waals surface area contributed by atoms with Gasteiger partial charge in [0.2, 0.25) is 11.7 Å². The minimum absolute atomic E-state index is 0.0942. The molecule has 2 unspecified atom stereocenters. The van der Waals surface area contributed by atoms with Crippen LogP contribution < -0.4 is 5.73 Å². The van der Waals surface area contributed by atoms with E-state index >= 15 is 0 Å². The van der Waals surface area contributed by atoms with Crippen LogP contribution in [-0.4, -0.2) is 44.3 Å². The molecule has 1 aliphatic heterocycles. The monoisotopic (exact) mass is 507 g/mol. The van der Waals surface area contributed by atoms with Gasteiger partial charge in [0, 0.05) is 25.1 Å². The quantitative estimate of drug-likeness (QED) is 0.491. The number of hydrogen-bond donors (Lipinski definition) is 1. The van der Waals surface area contributed by atoms with Crippen LogP contribution in [0.2, 0.25) is 0 Å². The summed E-state index contributed by atoms with van der Waals surface area (Å²) < 4.78 is 87.3. The number of rotatable bonds is 5. The van der Waals surface area contributed by atoms with E-state index in [0.29, 0.717) is 12.1 Å². The lowest BCUT2D eigenvalue weighted by Gasteiger charge is -2.38. The highest BCUT2D eigenvalue weighted by Crippen LogP contribution is 2.42. The molecule has 1 aliphatic rings. The second kappa shape index (κ2) is 9.38. The third-order valence-corrected chi connectivity index (χ3v) is 5.68. The average Bonchev–Trinajstić information content (AvgIpc) is 3.14. The van der Waals surface area contributed by atoms with Crippen molar-refractivity contribution in [2.24, 2.45) is 11.1 Å². The Labute approximate surface area is 196 Å². The minimum atomic E-state index is -4.72. The van der Waals surface area contributed by atoms with E-state index in [1.165, 1.54) is 4.90 Å². The van der Waals surface area contributed by atoms with Crippen LogP contribution in [0.25, 0.3) is 0 Å². The Balaban J connectivity index is 1.90. The van der Waals surface area contributed by atoms with Gasteiger partial charge in [-0.25, -0.2) is 18.0 Å². The summed E-state index contributed by atoms with van der Waals surface area (Å²) in [5.74, 6) is -6.94. The molecule has 2 N–H and O–H groups in total. The maximum Gasteiger partial charge on any atom is 0.451 e. The lowest BCUT2D eigenvalue weighted by atomic mass is 9.72. The number of amides is 2. The molecule has 0 bridgehead atoms. The van der Waals surface area contributed by atoms with E-state index < -0.39 is 65.3 Å². The number of halogens is 6. The molecule has 2 heterocycles. The average molecular weight is 507 g/mol. The number of carbonyl (C=O) groups excluding carboxylic acids is 2. The fourth-order valence-corrected chi connectivity index (χ4v) is 4.26. The standard InChI is InChI=1S/C21H23F6N5O3/c1-20(2,3)17(10-6-12(23)13(24)7-11(10)22)14(35-19(28)34)8-16(33)31-4-5-32-15(9-31)29-30-18(32)21(25,26)27/h6-7,14,17H,4-5,8-9H2,1-3H3,(H2,28,34). The number of primary amides is 1. The van der Waals surface area contributed by atoms with Crippen LogP contribution in [0.5, 0.6) is 0 Å². The van der Waals surface area contributed by atoms with Crippen molar-refractivity contribution < 1.29 is 40.7 Å². The summed E-state index contributed by atoms with van der Waals surface area (Å²) in [6.07, 6.45) is -7.95. The minimum Gasteiger partial charge on any atom is -0.445 e. The second-order valence-electron chi connectivity index (χ2n) is 9.22. The van der Waals surface area contributed by atoms with Crippen LogP contribution >= 0.6 is 0 Å². The Hall–Kier alpha value is -3.32. The van der Waals surface area contributed by atoms with Crippen molar-refractivity contribution in [2.75, 3.05) is 6.54 Å². The number of ether oxygens (including phenoxy) is 1. The third-order valence-electron chi connectivity index (χ3n) is 5.68. The predicted octanol–water partition coefficient (Wildman–Crippen LogP) is 3.74. The molecule has 2 aromatic rings. The maximum atomic E-state index is 14.7. The van der Waals surface area contributed by atoms with Gasteiger partial charge in [0.25, 0.3) is 0 Å². The van der Waals surface area contributed by atoms with Crippen molar-refractivity contribution in [2.45, 2.75) is 58.5 Å². The molecular formula is C21H23F6N5O3. The molecule has 0 radical (unpaired) electrons. The van der Waals surface area contributed by atoms with Gasteiger partial charge in [-0.15, -0.1) is 10.2 Å². The maximum absolute atomic E-state index is 14.7. The summed E-state index contributed by atoms with van der Waals surface area (Å²) in [5, 5.41) is 6.65. The highest BCUT2D eigenvalue weighted by Gasteiger charge is 2.42. The van der Waals surface area contributed by atoms with Crippen molar-refractivity contribution >= 4 is 12.0 Å². The van der Waals surface area contributed by atoms with Gasteiger partial charge in [-0.3, -0.25) is 4.79 Å². The van der Waals surface area contributed by atoms with Gasteiger partial charge >= 0.3 is 12.3 Å². The molecule has 0 saturated heterocycles. The number of hydrogen-bond acceptors (Lipinski definition) is 5. The molecule has 35 heavy (non-hydrogen) atoms. The van der Waals surface area contributed by atoms with E-state index in [1.807, 2.05) is 0 Å². The highest BCUT2D eigenvalue weighted by molar-refractivity contribution is 5.77. The molecule has 3 rings (SSSR count). The zero-order valence-corrected chi connectivity index (χ0v) is 19.0. The largest absolute Gasteiger partial charge is 0.451 e. The highest BCUT2D eigenvalue weighted by atomic mass is 19.4. The lowest BCUT2D eigenvalue weighted by Crippen LogP contribution is -2.43. The van der Waals surface area contributed by atoms with Crippen LogP contribution in [0.1, 0.15) is 50.3 Å². The van der Waals surface area contributed by atoms with Crippen LogP contribution in [0.4, 0.5) is 31.1 Å². The molecule has 1 aromatic carbocycles. The number of aromatic nitrogens is 3. The van der Waals surface area contributed by atoms with Crippen molar-refractivity contribution in [1.82, 2.24) is 19.7 Å². The molecule has 0 fully saturated rings. The van der Waals surface area contributed by atoms with Crippen LogP contribution in [-0.2, 0) is 28.8 Å². The lowest BCUT2D eigenvalue weighted by molar-refractivity contribution is -0.148. The smallest absolute Gasteiger partial charge is 0.445 e. The summed E-state index contributed by atoms with van der Waals surface area (Å²) >= 11 is 0. The molecule has 0 aliphatic carbocycles. The second-order valence-corrected chi connectivity index (χ2v) is 9.22. The number of carbonyl (C=O) groups is 2. The van der Waals surface area contributed by atoms with E-state index in [1.54, 1.807) is 20.8 Å². The molecule has 2 atom stereocenters. The summed E-state index contributed by atoms with van der Waals surface area (Å²) in [6.45, 7) is 4.18. The van der Waals surface area contributed by atoms with E-state index in [-0.39, 0.29) is 31.0 Å². The van der Waals surface area contributed by atoms with Crippen molar-refractivity contribution in [1.29, 1.82) is 0 Å². The zero-order valence-electron chi connectivity index (χ0n) is 19.0. The SMILES string of the molecule is CC(C)(C)C(c1cc(F)c(F)cc1F)C(CC(=O)N1CCn2c(nnc2C(F)(F)F)C1)OC(N)=O. The number of alkyl halides is 3. The van der Waals surface area contributed by atoms with E-state index in [2.05, 4.69) is 10.2 Å². The molecule has 0 spiro atoms. The van der Waals surface area contributed by atoms with E-state index in [9.17, 15) is 35.9 Å². The van der Waals surface area contributed by atoms with Gasteiger partial charge < -0.3 is 19.9 Å². The topological polar surface area (TPSA) is 103 Å². The molecule has 0 saturated carbocycles. The summed E-state index contributed by atoms with van der Waals surface area (Å²) in [4.78, 5) is 25.9.